The predicted octanol–water partition coefficient (Wildman–Crippen LogP) is 3.80. The molecule has 2 aromatic rings. The molecule has 1 aliphatic heterocycles. The Bertz CT molecular complexity index is 823. The normalized spacial score (nSPS) is 16.8. The molecule has 1 atom stereocenters. The summed E-state index contributed by atoms with van der Waals surface area (Å²) in [5.41, 5.74) is 0.384. The van der Waals surface area contributed by atoms with Gasteiger partial charge in [-0.2, -0.15) is 9.78 Å². The van der Waals surface area contributed by atoms with E-state index in [1.165, 1.54) is 12.3 Å². The molecule has 0 aliphatic carbocycles. The zero-order valence-corrected chi connectivity index (χ0v) is 16.2. The summed E-state index contributed by atoms with van der Waals surface area (Å²) in [7, 11) is 0. The predicted molar refractivity (Wildman–Crippen MR) is 103 cm³/mol. The van der Waals surface area contributed by atoms with E-state index >= 15 is 0 Å². The van der Waals surface area contributed by atoms with Crippen molar-refractivity contribution in [1.82, 2.24) is 9.78 Å². The zero-order chi connectivity index (χ0) is 18.5. The van der Waals surface area contributed by atoms with E-state index in [0.29, 0.717) is 41.2 Å². The zero-order valence-electron chi connectivity index (χ0n) is 13.9. The molecule has 1 fully saturated rings. The van der Waals surface area contributed by atoms with Crippen LogP contribution in [0.25, 0.3) is 5.69 Å². The number of rotatable bonds is 7. The summed E-state index contributed by atoms with van der Waals surface area (Å²) in [5, 5.41) is 8.00. The molecule has 1 aromatic carbocycles. The van der Waals surface area contributed by atoms with E-state index in [2.05, 4.69) is 10.4 Å². The van der Waals surface area contributed by atoms with Gasteiger partial charge in [-0.25, -0.2) is 0 Å². The molecule has 0 saturated carbocycles. The molecular formula is C17H18Cl3N3O3. The van der Waals surface area contributed by atoms with Crippen molar-refractivity contribution in [2.45, 2.75) is 18.9 Å². The molecule has 2 heterocycles. The van der Waals surface area contributed by atoms with Crippen molar-refractivity contribution in [3.63, 3.8) is 0 Å². The Morgan fingerprint density at radius 1 is 1.35 bits per heavy atom. The van der Waals surface area contributed by atoms with E-state index in [1.807, 2.05) is 0 Å². The molecule has 1 N–H and O–H groups in total. The molecule has 0 amide bonds. The van der Waals surface area contributed by atoms with Crippen LogP contribution in [0.1, 0.15) is 12.8 Å². The molecule has 9 heteroatoms. The number of ether oxygens (including phenoxy) is 2. The molecule has 1 aromatic heterocycles. The Morgan fingerprint density at radius 2 is 2.19 bits per heavy atom. The number of hydrogen-bond donors (Lipinski definition) is 1. The average Bonchev–Trinajstić information content (AvgIpc) is 3.12. The van der Waals surface area contributed by atoms with Gasteiger partial charge in [0.25, 0.3) is 5.56 Å². The van der Waals surface area contributed by atoms with Crippen molar-refractivity contribution in [3.05, 3.63) is 49.8 Å². The number of hydrogen-bond acceptors (Lipinski definition) is 5. The van der Waals surface area contributed by atoms with Gasteiger partial charge < -0.3 is 14.8 Å². The van der Waals surface area contributed by atoms with Crippen molar-refractivity contribution in [2.24, 2.45) is 0 Å². The molecule has 1 aliphatic rings. The summed E-state index contributed by atoms with van der Waals surface area (Å²) in [6, 6.07) is 4.78. The number of anilines is 1. The highest BCUT2D eigenvalue weighted by molar-refractivity contribution is 6.36. The lowest BCUT2D eigenvalue weighted by Crippen LogP contribution is -2.24. The van der Waals surface area contributed by atoms with Gasteiger partial charge >= 0.3 is 0 Å². The van der Waals surface area contributed by atoms with E-state index in [9.17, 15) is 4.79 Å². The quantitative estimate of drug-likeness (QED) is 0.693. The van der Waals surface area contributed by atoms with Gasteiger partial charge in [0.1, 0.15) is 5.02 Å². The fourth-order valence-electron chi connectivity index (χ4n) is 2.63. The van der Waals surface area contributed by atoms with Gasteiger partial charge in [-0.1, -0.05) is 34.8 Å². The molecule has 1 saturated heterocycles. The van der Waals surface area contributed by atoms with E-state index in [-0.39, 0.29) is 11.1 Å². The topological polar surface area (TPSA) is 65.4 Å². The summed E-state index contributed by atoms with van der Waals surface area (Å²) < 4.78 is 12.2. The lowest BCUT2D eigenvalue weighted by Gasteiger charge is -2.13. The summed E-state index contributed by atoms with van der Waals surface area (Å²) in [6.45, 7) is 2.35. The van der Waals surface area contributed by atoms with Crippen LogP contribution < -0.4 is 10.9 Å². The van der Waals surface area contributed by atoms with Crippen LogP contribution in [0, 0.1) is 0 Å². The molecule has 0 spiro atoms. The number of nitrogens with zero attached hydrogens (tertiary/aromatic N) is 2. The standard InChI is InChI=1S/C17H18Cl3N3O3/c18-11-3-4-15(13(19)8-11)23-17(24)16(20)14(9-22-23)21-5-7-25-10-12-2-1-6-26-12/h3-4,8-9,12,21H,1-2,5-7,10H2. The number of halogens is 3. The highest BCUT2D eigenvalue weighted by Crippen LogP contribution is 2.24. The smallest absolute Gasteiger partial charge is 0.292 e. The summed E-state index contributed by atoms with van der Waals surface area (Å²) >= 11 is 18.2. The maximum absolute atomic E-state index is 12.5. The minimum Gasteiger partial charge on any atom is -0.380 e. The van der Waals surface area contributed by atoms with Crippen LogP contribution in [0.5, 0.6) is 0 Å². The largest absolute Gasteiger partial charge is 0.380 e. The molecule has 0 radical (unpaired) electrons. The first-order valence-electron chi connectivity index (χ1n) is 8.22. The molecule has 26 heavy (non-hydrogen) atoms. The van der Waals surface area contributed by atoms with E-state index in [0.717, 1.165) is 24.1 Å². The van der Waals surface area contributed by atoms with Gasteiger partial charge in [0.2, 0.25) is 0 Å². The molecule has 6 nitrogen and oxygen atoms in total. The highest BCUT2D eigenvalue weighted by Gasteiger charge is 2.15. The van der Waals surface area contributed by atoms with Crippen molar-refractivity contribution in [2.75, 3.05) is 31.7 Å². The van der Waals surface area contributed by atoms with E-state index in [1.54, 1.807) is 12.1 Å². The van der Waals surface area contributed by atoms with Crippen LogP contribution in [-0.2, 0) is 9.47 Å². The van der Waals surface area contributed by atoms with Crippen molar-refractivity contribution in [3.8, 4) is 5.69 Å². The lowest BCUT2D eigenvalue weighted by molar-refractivity contribution is 0.0206. The molecule has 3 rings (SSSR count). The summed E-state index contributed by atoms with van der Waals surface area (Å²) in [6.07, 6.45) is 3.79. The number of nitrogens with one attached hydrogen (secondary N) is 1. The Labute approximate surface area is 166 Å². The van der Waals surface area contributed by atoms with Crippen LogP contribution in [0.2, 0.25) is 15.1 Å². The SMILES string of the molecule is O=c1c(Cl)c(NCCOCC2CCCO2)cnn1-c1ccc(Cl)cc1Cl. The first kappa shape index (κ1) is 19.5. The fraction of sp³-hybridized carbons (Fsp3) is 0.412. The molecule has 1 unspecified atom stereocenters. The second kappa shape index (κ2) is 9.06. The van der Waals surface area contributed by atoms with Gasteiger partial charge in [-0.05, 0) is 31.0 Å². The number of aromatic nitrogens is 2. The fourth-order valence-corrected chi connectivity index (χ4v) is 3.31. The van der Waals surface area contributed by atoms with Crippen LogP contribution in [0.4, 0.5) is 5.69 Å². The minimum atomic E-state index is -0.471. The van der Waals surface area contributed by atoms with Gasteiger partial charge in [0, 0.05) is 18.2 Å². The van der Waals surface area contributed by atoms with Crippen LogP contribution in [0.15, 0.2) is 29.2 Å². The average molecular weight is 419 g/mol. The van der Waals surface area contributed by atoms with Gasteiger partial charge in [-0.15, -0.1) is 0 Å². The number of benzene rings is 1. The Morgan fingerprint density at radius 3 is 2.92 bits per heavy atom. The van der Waals surface area contributed by atoms with E-state index in [4.69, 9.17) is 44.3 Å². The lowest BCUT2D eigenvalue weighted by atomic mass is 10.2. The van der Waals surface area contributed by atoms with Crippen molar-refractivity contribution >= 4 is 40.5 Å². The Kier molecular flexibility index (Phi) is 6.78. The third kappa shape index (κ3) is 4.69. The Balaban J connectivity index is 1.61. The third-order valence-corrected chi connectivity index (χ3v) is 4.85. The maximum Gasteiger partial charge on any atom is 0.292 e. The molecule has 140 valence electrons. The van der Waals surface area contributed by atoms with Gasteiger partial charge in [-0.3, -0.25) is 4.79 Å². The third-order valence-electron chi connectivity index (χ3n) is 3.95. The summed E-state index contributed by atoms with van der Waals surface area (Å²) in [5.74, 6) is 0. The van der Waals surface area contributed by atoms with Crippen molar-refractivity contribution < 1.29 is 9.47 Å². The van der Waals surface area contributed by atoms with Gasteiger partial charge in [0.05, 0.1) is 41.9 Å². The van der Waals surface area contributed by atoms with Gasteiger partial charge in [0.15, 0.2) is 0 Å². The molecule has 0 bridgehead atoms. The van der Waals surface area contributed by atoms with Crippen molar-refractivity contribution in [1.29, 1.82) is 0 Å². The maximum atomic E-state index is 12.5. The second-order valence-corrected chi connectivity index (χ2v) is 7.04. The monoisotopic (exact) mass is 417 g/mol. The van der Waals surface area contributed by atoms with Crippen LogP contribution in [-0.4, -0.2) is 42.2 Å². The molecular weight excluding hydrogens is 401 g/mol. The minimum absolute atomic E-state index is 0.0325. The first-order valence-corrected chi connectivity index (χ1v) is 9.36. The van der Waals surface area contributed by atoms with Crippen LogP contribution in [0.3, 0.4) is 0 Å². The Hall–Kier alpha value is -1.31. The van der Waals surface area contributed by atoms with E-state index < -0.39 is 5.56 Å². The highest BCUT2D eigenvalue weighted by atomic mass is 35.5. The first-order chi connectivity index (χ1) is 12.6. The second-order valence-electron chi connectivity index (χ2n) is 5.82. The summed E-state index contributed by atoms with van der Waals surface area (Å²) in [4.78, 5) is 12.5. The van der Waals surface area contributed by atoms with Crippen LogP contribution >= 0.6 is 34.8 Å².